The molecular weight excluding hydrogens is 506 g/mol. The first kappa shape index (κ1) is 25.2. The number of nitrogens with zero attached hydrogens (tertiary/aromatic N) is 2. The fourth-order valence-corrected chi connectivity index (χ4v) is 6.59. The van der Waals surface area contributed by atoms with Crippen molar-refractivity contribution in [1.29, 1.82) is 0 Å². The Morgan fingerprint density at radius 1 is 1.08 bits per heavy atom. The molecule has 7 nitrogen and oxygen atoms in total. The normalized spacial score (nSPS) is 12.8. The number of rotatable bonds is 8. The Morgan fingerprint density at radius 2 is 1.84 bits per heavy atom. The number of esters is 1. The quantitative estimate of drug-likeness (QED) is 0.197. The Kier molecular flexibility index (Phi) is 7.71. The van der Waals surface area contributed by atoms with E-state index < -0.39 is 0 Å². The van der Waals surface area contributed by atoms with Gasteiger partial charge in [0.1, 0.15) is 4.83 Å². The van der Waals surface area contributed by atoms with Crippen molar-refractivity contribution in [2.75, 3.05) is 12.4 Å². The van der Waals surface area contributed by atoms with Crippen LogP contribution in [0.2, 0.25) is 0 Å². The van der Waals surface area contributed by atoms with Gasteiger partial charge in [0.2, 0.25) is 5.91 Å². The van der Waals surface area contributed by atoms with Crippen LogP contribution in [0.3, 0.4) is 0 Å². The molecule has 1 N–H and O–H groups in total. The monoisotopic (exact) mass is 533 g/mol. The lowest BCUT2D eigenvalue weighted by Crippen LogP contribution is -2.26. The molecule has 0 saturated carbocycles. The lowest BCUT2D eigenvalue weighted by molar-refractivity contribution is -0.118. The third kappa shape index (κ3) is 5.47. The highest BCUT2D eigenvalue weighted by Crippen LogP contribution is 2.35. The van der Waals surface area contributed by atoms with Crippen molar-refractivity contribution in [3.63, 3.8) is 0 Å². The van der Waals surface area contributed by atoms with E-state index in [0.717, 1.165) is 52.7 Å². The topological polar surface area (TPSA) is 90.3 Å². The van der Waals surface area contributed by atoms with Crippen molar-refractivity contribution in [3.8, 4) is 5.69 Å². The van der Waals surface area contributed by atoms with Gasteiger partial charge in [0.05, 0.1) is 29.0 Å². The molecule has 0 spiro atoms. The molecule has 190 valence electrons. The van der Waals surface area contributed by atoms with Crippen LogP contribution in [-0.4, -0.2) is 33.8 Å². The number of fused-ring (bicyclic) bond motifs is 3. The van der Waals surface area contributed by atoms with Gasteiger partial charge in [-0.3, -0.25) is 14.2 Å². The van der Waals surface area contributed by atoms with Crippen molar-refractivity contribution < 1.29 is 14.3 Å². The molecule has 0 bridgehead atoms. The number of carbonyl (C=O) groups excluding carboxylic acids is 2. The third-order valence-electron chi connectivity index (χ3n) is 6.26. The summed E-state index contributed by atoms with van der Waals surface area (Å²) in [5, 5.41) is 4.14. The average Bonchev–Trinajstić information content (AvgIpc) is 3.30. The van der Waals surface area contributed by atoms with Crippen molar-refractivity contribution in [2.24, 2.45) is 0 Å². The average molecular weight is 534 g/mol. The Hall–Kier alpha value is -3.43. The van der Waals surface area contributed by atoms with Crippen LogP contribution in [0.5, 0.6) is 0 Å². The maximum absolute atomic E-state index is 13.7. The maximum Gasteiger partial charge on any atom is 0.338 e. The summed E-state index contributed by atoms with van der Waals surface area (Å²) in [6.45, 7) is 2.42. The summed E-state index contributed by atoms with van der Waals surface area (Å²) >= 11 is 2.87. The first-order valence-electron chi connectivity index (χ1n) is 12.3. The number of para-hydroxylation sites is 1. The number of thioether (sulfide) groups is 1. The summed E-state index contributed by atoms with van der Waals surface area (Å²) in [6, 6.07) is 16.4. The Morgan fingerprint density at radius 3 is 2.59 bits per heavy atom. The fourth-order valence-electron chi connectivity index (χ4n) is 4.44. The van der Waals surface area contributed by atoms with Crippen LogP contribution >= 0.6 is 23.1 Å². The van der Waals surface area contributed by atoms with E-state index in [1.807, 2.05) is 30.3 Å². The lowest BCUT2D eigenvalue weighted by Gasteiger charge is -2.13. The van der Waals surface area contributed by atoms with Gasteiger partial charge in [0.15, 0.2) is 5.16 Å². The molecule has 0 radical (unpaired) electrons. The number of amides is 1. The molecule has 0 saturated heterocycles. The van der Waals surface area contributed by atoms with E-state index >= 15 is 0 Å². The predicted molar refractivity (Wildman–Crippen MR) is 147 cm³/mol. The van der Waals surface area contributed by atoms with Gasteiger partial charge in [0.25, 0.3) is 5.56 Å². The minimum atomic E-state index is -0.366. The van der Waals surface area contributed by atoms with E-state index in [1.54, 1.807) is 47.1 Å². The van der Waals surface area contributed by atoms with Crippen LogP contribution in [0.4, 0.5) is 0 Å². The summed E-state index contributed by atoms with van der Waals surface area (Å²) < 4.78 is 6.63. The Balaban J connectivity index is 1.33. The molecule has 2 aromatic heterocycles. The number of thiophene rings is 1. The largest absolute Gasteiger partial charge is 0.462 e. The van der Waals surface area contributed by atoms with Crippen molar-refractivity contribution in [2.45, 2.75) is 44.3 Å². The van der Waals surface area contributed by atoms with E-state index in [-0.39, 0.29) is 23.2 Å². The molecule has 1 aliphatic rings. The highest BCUT2D eigenvalue weighted by molar-refractivity contribution is 7.99. The standard InChI is InChI=1S/C28H27N3O4S2/c1-2-35-27(34)19-14-12-18(13-15-19)16-29-23(32)17-36-28-30-25-24(21-10-6-7-11-22(21)37-25)26(33)31(28)20-8-4-3-5-9-20/h3-5,8-9,12-15H,2,6-7,10-11,16-17H2,1H3,(H,29,32). The molecule has 5 rings (SSSR count). The molecule has 1 aliphatic carbocycles. The second-order valence-corrected chi connectivity index (χ2v) is 10.8. The number of aryl methyl sites for hydroxylation is 2. The summed E-state index contributed by atoms with van der Waals surface area (Å²) in [5.74, 6) is -0.412. The third-order valence-corrected chi connectivity index (χ3v) is 8.38. The molecule has 2 heterocycles. The number of benzene rings is 2. The van der Waals surface area contributed by atoms with Gasteiger partial charge in [-0.25, -0.2) is 9.78 Å². The highest BCUT2D eigenvalue weighted by Gasteiger charge is 2.23. The van der Waals surface area contributed by atoms with E-state index in [2.05, 4.69) is 5.32 Å². The van der Waals surface area contributed by atoms with Crippen LogP contribution in [0.15, 0.2) is 64.5 Å². The number of hydrogen-bond donors (Lipinski definition) is 1. The van der Waals surface area contributed by atoms with Crippen molar-refractivity contribution in [1.82, 2.24) is 14.9 Å². The van der Waals surface area contributed by atoms with Crippen LogP contribution < -0.4 is 10.9 Å². The molecule has 9 heteroatoms. The highest BCUT2D eigenvalue weighted by atomic mass is 32.2. The Bertz CT molecular complexity index is 1490. The number of nitrogens with one attached hydrogen (secondary N) is 1. The van der Waals surface area contributed by atoms with E-state index in [1.165, 1.54) is 16.6 Å². The van der Waals surface area contributed by atoms with Crippen LogP contribution in [0.25, 0.3) is 15.9 Å². The van der Waals surface area contributed by atoms with Gasteiger partial charge in [0, 0.05) is 11.4 Å². The van der Waals surface area contributed by atoms with E-state index in [0.29, 0.717) is 23.9 Å². The smallest absolute Gasteiger partial charge is 0.338 e. The molecule has 2 aromatic carbocycles. The van der Waals surface area contributed by atoms with Crippen LogP contribution in [0, 0.1) is 0 Å². The summed E-state index contributed by atoms with van der Waals surface area (Å²) in [6.07, 6.45) is 4.13. The zero-order valence-electron chi connectivity index (χ0n) is 20.5. The van der Waals surface area contributed by atoms with Gasteiger partial charge in [-0.2, -0.15) is 0 Å². The fraction of sp³-hybridized carbons (Fsp3) is 0.286. The molecule has 0 aliphatic heterocycles. The molecule has 1 amide bonds. The zero-order valence-corrected chi connectivity index (χ0v) is 22.1. The van der Waals surface area contributed by atoms with Crippen molar-refractivity contribution in [3.05, 3.63) is 86.5 Å². The molecular formula is C28H27N3O4S2. The molecule has 4 aromatic rings. The summed E-state index contributed by atoms with van der Waals surface area (Å²) in [5.41, 5.74) is 3.17. The van der Waals surface area contributed by atoms with Gasteiger partial charge in [-0.1, -0.05) is 42.1 Å². The van der Waals surface area contributed by atoms with Crippen LogP contribution in [-0.2, 0) is 28.9 Å². The van der Waals surface area contributed by atoms with Gasteiger partial charge in [-0.05, 0) is 68.0 Å². The van der Waals surface area contributed by atoms with Crippen LogP contribution in [0.1, 0.15) is 46.1 Å². The van der Waals surface area contributed by atoms with Gasteiger partial charge in [-0.15, -0.1) is 11.3 Å². The first-order chi connectivity index (χ1) is 18.0. The van der Waals surface area contributed by atoms with E-state index in [9.17, 15) is 14.4 Å². The summed E-state index contributed by atoms with van der Waals surface area (Å²) in [7, 11) is 0. The number of aromatic nitrogens is 2. The van der Waals surface area contributed by atoms with Crippen molar-refractivity contribution >= 4 is 45.2 Å². The Labute approximate surface area is 222 Å². The maximum atomic E-state index is 13.7. The molecule has 0 fully saturated rings. The molecule has 0 atom stereocenters. The lowest BCUT2D eigenvalue weighted by atomic mass is 9.97. The second-order valence-electron chi connectivity index (χ2n) is 8.74. The number of carbonyl (C=O) groups is 2. The molecule has 0 unspecified atom stereocenters. The minimum Gasteiger partial charge on any atom is -0.462 e. The molecule has 37 heavy (non-hydrogen) atoms. The second kappa shape index (κ2) is 11.3. The van der Waals surface area contributed by atoms with Gasteiger partial charge >= 0.3 is 5.97 Å². The predicted octanol–water partition coefficient (Wildman–Crippen LogP) is 4.91. The van der Waals surface area contributed by atoms with E-state index in [4.69, 9.17) is 9.72 Å². The number of ether oxygens (including phenoxy) is 1. The number of hydrogen-bond acceptors (Lipinski definition) is 7. The van der Waals surface area contributed by atoms with Gasteiger partial charge < -0.3 is 10.1 Å². The SMILES string of the molecule is CCOC(=O)c1ccc(CNC(=O)CSc2nc3sc4c(c3c(=O)n2-c2ccccc2)CCCC4)cc1. The first-order valence-corrected chi connectivity index (χ1v) is 14.1. The zero-order chi connectivity index (χ0) is 25.8. The minimum absolute atomic E-state index is 0.0693. The summed E-state index contributed by atoms with van der Waals surface area (Å²) in [4.78, 5) is 45.1.